The van der Waals surface area contributed by atoms with Crippen LogP contribution in [-0.2, 0) is 4.74 Å². The molecule has 2 aliphatic rings. The standard InChI is InChI=1S/C14H28N2O/c1-10-6-11(2)12(3)16(7-10)8-13-9-17-5-4-14(13)15/h10-14H,4-9,15H2,1-3H3. The minimum Gasteiger partial charge on any atom is -0.381 e. The highest BCUT2D eigenvalue weighted by Gasteiger charge is 2.32. The van der Waals surface area contributed by atoms with Gasteiger partial charge in [0.05, 0.1) is 6.61 Å². The van der Waals surface area contributed by atoms with E-state index in [1.807, 2.05) is 0 Å². The maximum Gasteiger partial charge on any atom is 0.0521 e. The van der Waals surface area contributed by atoms with E-state index in [-0.39, 0.29) is 0 Å². The third-order valence-electron chi connectivity index (χ3n) is 4.72. The van der Waals surface area contributed by atoms with Crippen LogP contribution in [0.15, 0.2) is 0 Å². The Morgan fingerprint density at radius 2 is 2.06 bits per heavy atom. The smallest absolute Gasteiger partial charge is 0.0521 e. The van der Waals surface area contributed by atoms with Crippen LogP contribution in [-0.4, -0.2) is 43.3 Å². The molecule has 5 unspecified atom stereocenters. The summed E-state index contributed by atoms with van der Waals surface area (Å²) in [6.07, 6.45) is 2.39. The molecule has 3 heteroatoms. The van der Waals surface area contributed by atoms with Crippen molar-refractivity contribution in [1.29, 1.82) is 0 Å². The molecule has 0 radical (unpaired) electrons. The zero-order chi connectivity index (χ0) is 12.4. The number of nitrogens with zero attached hydrogens (tertiary/aromatic N) is 1. The fraction of sp³-hybridized carbons (Fsp3) is 1.00. The fourth-order valence-corrected chi connectivity index (χ4v) is 3.38. The van der Waals surface area contributed by atoms with Crippen LogP contribution in [0.1, 0.15) is 33.6 Å². The highest BCUT2D eigenvalue weighted by atomic mass is 16.5. The molecule has 2 rings (SSSR count). The Bertz CT molecular complexity index is 246. The Morgan fingerprint density at radius 3 is 2.76 bits per heavy atom. The highest BCUT2D eigenvalue weighted by Crippen LogP contribution is 2.28. The Kier molecular flexibility index (Phi) is 4.45. The molecule has 3 nitrogen and oxygen atoms in total. The van der Waals surface area contributed by atoms with Crippen molar-refractivity contribution in [2.75, 3.05) is 26.3 Å². The molecule has 2 N–H and O–H groups in total. The number of ether oxygens (including phenoxy) is 1. The van der Waals surface area contributed by atoms with Crippen molar-refractivity contribution in [2.24, 2.45) is 23.5 Å². The van der Waals surface area contributed by atoms with Gasteiger partial charge < -0.3 is 10.5 Å². The molecule has 0 aliphatic carbocycles. The van der Waals surface area contributed by atoms with E-state index in [1.54, 1.807) is 0 Å². The van der Waals surface area contributed by atoms with Gasteiger partial charge >= 0.3 is 0 Å². The zero-order valence-corrected chi connectivity index (χ0v) is 11.6. The lowest BCUT2D eigenvalue weighted by Gasteiger charge is -2.44. The minimum atomic E-state index is 0.337. The second kappa shape index (κ2) is 5.68. The summed E-state index contributed by atoms with van der Waals surface area (Å²) < 4.78 is 5.58. The van der Waals surface area contributed by atoms with Gasteiger partial charge in [-0.15, -0.1) is 0 Å². The second-order valence-electron chi connectivity index (χ2n) is 6.30. The number of hydrogen-bond acceptors (Lipinski definition) is 3. The highest BCUT2D eigenvalue weighted by molar-refractivity contribution is 4.86. The van der Waals surface area contributed by atoms with E-state index in [4.69, 9.17) is 10.5 Å². The Hall–Kier alpha value is -0.120. The number of rotatable bonds is 2. The lowest BCUT2D eigenvalue weighted by molar-refractivity contribution is -0.000253. The fourth-order valence-electron chi connectivity index (χ4n) is 3.38. The van der Waals surface area contributed by atoms with Crippen LogP contribution in [0.5, 0.6) is 0 Å². The van der Waals surface area contributed by atoms with E-state index in [9.17, 15) is 0 Å². The molecule has 2 heterocycles. The molecule has 0 saturated carbocycles. The van der Waals surface area contributed by atoms with Gasteiger partial charge in [0.1, 0.15) is 0 Å². The molecule has 2 aliphatic heterocycles. The zero-order valence-electron chi connectivity index (χ0n) is 11.6. The van der Waals surface area contributed by atoms with Gasteiger partial charge in [-0.05, 0) is 31.6 Å². The quantitative estimate of drug-likeness (QED) is 0.798. The van der Waals surface area contributed by atoms with E-state index >= 15 is 0 Å². The van der Waals surface area contributed by atoms with Crippen molar-refractivity contribution >= 4 is 0 Å². The molecule has 100 valence electrons. The van der Waals surface area contributed by atoms with Crippen LogP contribution >= 0.6 is 0 Å². The average molecular weight is 240 g/mol. The van der Waals surface area contributed by atoms with Gasteiger partial charge in [0.25, 0.3) is 0 Å². The van der Waals surface area contributed by atoms with Gasteiger partial charge in [-0.1, -0.05) is 13.8 Å². The summed E-state index contributed by atoms with van der Waals surface area (Å²) in [5.74, 6) is 2.16. The number of hydrogen-bond donors (Lipinski definition) is 1. The topological polar surface area (TPSA) is 38.5 Å². The maximum atomic E-state index is 6.20. The molecule has 5 atom stereocenters. The molecule has 2 saturated heterocycles. The first-order chi connectivity index (χ1) is 8.08. The minimum absolute atomic E-state index is 0.337. The van der Waals surface area contributed by atoms with Crippen LogP contribution in [0.3, 0.4) is 0 Å². The maximum absolute atomic E-state index is 6.20. The predicted molar refractivity (Wildman–Crippen MR) is 70.9 cm³/mol. The van der Waals surface area contributed by atoms with Crippen LogP contribution in [0, 0.1) is 17.8 Å². The number of nitrogens with two attached hydrogens (primary N) is 1. The van der Waals surface area contributed by atoms with Crippen molar-refractivity contribution in [3.63, 3.8) is 0 Å². The summed E-state index contributed by atoms with van der Waals surface area (Å²) in [6, 6.07) is 1.03. The number of piperidine rings is 1. The molecular formula is C14H28N2O. The molecule has 0 bridgehead atoms. The van der Waals surface area contributed by atoms with Gasteiger partial charge in [-0.2, -0.15) is 0 Å². The van der Waals surface area contributed by atoms with Crippen molar-refractivity contribution in [3.05, 3.63) is 0 Å². The molecule has 0 amide bonds. The van der Waals surface area contributed by atoms with Gasteiger partial charge in [0, 0.05) is 37.7 Å². The first-order valence-corrected chi connectivity index (χ1v) is 7.15. The van der Waals surface area contributed by atoms with Crippen molar-refractivity contribution in [1.82, 2.24) is 4.90 Å². The third kappa shape index (κ3) is 3.21. The van der Waals surface area contributed by atoms with Crippen molar-refractivity contribution in [3.8, 4) is 0 Å². The van der Waals surface area contributed by atoms with Crippen molar-refractivity contribution in [2.45, 2.75) is 45.7 Å². The number of likely N-dealkylation sites (tertiary alicyclic amines) is 1. The van der Waals surface area contributed by atoms with Crippen LogP contribution in [0.4, 0.5) is 0 Å². The molecule has 17 heavy (non-hydrogen) atoms. The SMILES string of the molecule is CC1CC(C)C(C)N(CC2COCCC2N)C1. The lowest BCUT2D eigenvalue weighted by atomic mass is 9.84. The molecule has 0 aromatic carbocycles. The summed E-state index contributed by atoms with van der Waals surface area (Å²) >= 11 is 0. The average Bonchev–Trinajstić information content (AvgIpc) is 2.28. The first kappa shape index (κ1) is 13.3. The van der Waals surface area contributed by atoms with Crippen LogP contribution in [0.2, 0.25) is 0 Å². The van der Waals surface area contributed by atoms with Gasteiger partial charge in [0.2, 0.25) is 0 Å². The van der Waals surface area contributed by atoms with E-state index < -0.39 is 0 Å². The summed E-state index contributed by atoms with van der Waals surface area (Å²) in [4.78, 5) is 2.64. The van der Waals surface area contributed by atoms with Gasteiger partial charge in [-0.3, -0.25) is 4.90 Å². The Balaban J connectivity index is 1.92. The van der Waals surface area contributed by atoms with E-state index in [0.29, 0.717) is 18.0 Å². The van der Waals surface area contributed by atoms with Gasteiger partial charge in [-0.25, -0.2) is 0 Å². The Labute approximate surface area is 106 Å². The van der Waals surface area contributed by atoms with Crippen LogP contribution in [0.25, 0.3) is 0 Å². The van der Waals surface area contributed by atoms with E-state index in [1.165, 1.54) is 13.0 Å². The van der Waals surface area contributed by atoms with Crippen molar-refractivity contribution < 1.29 is 4.74 Å². The normalized spacial score (nSPS) is 44.8. The summed E-state index contributed by atoms with van der Waals surface area (Å²) in [5.41, 5.74) is 6.20. The Morgan fingerprint density at radius 1 is 1.29 bits per heavy atom. The molecular weight excluding hydrogens is 212 g/mol. The molecule has 0 aromatic rings. The van der Waals surface area contributed by atoms with Crippen LogP contribution < -0.4 is 5.73 Å². The molecule has 2 fully saturated rings. The lowest BCUT2D eigenvalue weighted by Crippen LogP contribution is -2.52. The van der Waals surface area contributed by atoms with E-state index in [2.05, 4.69) is 25.7 Å². The summed E-state index contributed by atoms with van der Waals surface area (Å²) in [6.45, 7) is 11.2. The van der Waals surface area contributed by atoms with E-state index in [0.717, 1.165) is 38.0 Å². The first-order valence-electron chi connectivity index (χ1n) is 7.15. The summed E-state index contributed by atoms with van der Waals surface area (Å²) in [7, 11) is 0. The van der Waals surface area contributed by atoms with Gasteiger partial charge in [0.15, 0.2) is 0 Å². The third-order valence-corrected chi connectivity index (χ3v) is 4.72. The predicted octanol–water partition coefficient (Wildman–Crippen LogP) is 1.72. The second-order valence-corrected chi connectivity index (χ2v) is 6.30. The monoisotopic (exact) mass is 240 g/mol. The molecule has 0 aromatic heterocycles. The summed E-state index contributed by atoms with van der Waals surface area (Å²) in [5, 5.41) is 0. The largest absolute Gasteiger partial charge is 0.381 e. The molecule has 0 spiro atoms.